The first kappa shape index (κ1) is 9.51. The lowest BCUT2D eigenvalue weighted by Gasteiger charge is -2.06. The van der Waals surface area contributed by atoms with E-state index in [0.29, 0.717) is 0 Å². The Morgan fingerprint density at radius 1 is 1.29 bits per heavy atom. The Balaban J connectivity index is 2.24. The average Bonchev–Trinajstić information content (AvgIpc) is 2.68. The standard InChI is InChI=1S/C14H18/c1-5-9(2)12-7-13-6-10(3)11(4)14(13)8-12/h5,7H,6,8H2,1-4H3. The highest BCUT2D eigenvalue weighted by molar-refractivity contribution is 5.59. The van der Waals surface area contributed by atoms with E-state index in [-0.39, 0.29) is 0 Å². The number of allylic oxidation sites excluding steroid dienone is 8. The highest BCUT2D eigenvalue weighted by atomic mass is 14.3. The van der Waals surface area contributed by atoms with Gasteiger partial charge in [0, 0.05) is 0 Å². The molecule has 0 amide bonds. The van der Waals surface area contributed by atoms with E-state index in [9.17, 15) is 0 Å². The molecule has 0 aromatic heterocycles. The fourth-order valence-corrected chi connectivity index (χ4v) is 2.30. The van der Waals surface area contributed by atoms with Crippen molar-refractivity contribution in [3.63, 3.8) is 0 Å². The summed E-state index contributed by atoms with van der Waals surface area (Å²) in [6.45, 7) is 8.84. The second-order valence-electron chi connectivity index (χ2n) is 4.40. The molecule has 2 aliphatic rings. The van der Waals surface area contributed by atoms with Crippen molar-refractivity contribution in [2.45, 2.75) is 40.5 Å². The van der Waals surface area contributed by atoms with Crippen LogP contribution in [0, 0.1) is 0 Å². The van der Waals surface area contributed by atoms with Crippen molar-refractivity contribution in [2.24, 2.45) is 0 Å². The van der Waals surface area contributed by atoms with E-state index in [2.05, 4.69) is 39.8 Å². The highest BCUT2D eigenvalue weighted by Crippen LogP contribution is 2.42. The van der Waals surface area contributed by atoms with Gasteiger partial charge in [0.1, 0.15) is 0 Å². The van der Waals surface area contributed by atoms with Gasteiger partial charge in [-0.15, -0.1) is 0 Å². The second-order valence-corrected chi connectivity index (χ2v) is 4.40. The SMILES string of the molecule is CC=C(C)C1=CC2=C(C1)C(C)=C(C)C2. The molecule has 0 saturated heterocycles. The van der Waals surface area contributed by atoms with Gasteiger partial charge in [0.25, 0.3) is 0 Å². The first-order valence-corrected chi connectivity index (χ1v) is 5.36. The Hall–Kier alpha value is -1.04. The molecule has 0 aromatic carbocycles. The highest BCUT2D eigenvalue weighted by Gasteiger charge is 2.23. The molecule has 0 radical (unpaired) electrons. The molecular formula is C14H18. The lowest BCUT2D eigenvalue weighted by molar-refractivity contribution is 1.13. The predicted molar refractivity (Wildman–Crippen MR) is 62.1 cm³/mol. The minimum atomic E-state index is 1.16. The van der Waals surface area contributed by atoms with Gasteiger partial charge in [0.15, 0.2) is 0 Å². The largest absolute Gasteiger partial charge is 0.0844 e. The van der Waals surface area contributed by atoms with Crippen LogP contribution in [0.25, 0.3) is 0 Å². The summed E-state index contributed by atoms with van der Waals surface area (Å²) in [4.78, 5) is 0. The van der Waals surface area contributed by atoms with Gasteiger partial charge in [-0.3, -0.25) is 0 Å². The summed E-state index contributed by atoms with van der Waals surface area (Å²) in [6, 6.07) is 0. The van der Waals surface area contributed by atoms with Crippen LogP contribution < -0.4 is 0 Å². The molecule has 74 valence electrons. The molecule has 0 heterocycles. The Bertz CT molecular complexity index is 398. The molecule has 0 heteroatoms. The topological polar surface area (TPSA) is 0 Å². The van der Waals surface area contributed by atoms with Gasteiger partial charge in [-0.25, -0.2) is 0 Å². The van der Waals surface area contributed by atoms with E-state index in [1.165, 1.54) is 23.1 Å². The summed E-state index contributed by atoms with van der Waals surface area (Å²) in [6.07, 6.45) is 6.95. The third kappa shape index (κ3) is 1.30. The van der Waals surface area contributed by atoms with Gasteiger partial charge >= 0.3 is 0 Å². The summed E-state index contributed by atoms with van der Waals surface area (Å²) < 4.78 is 0. The first-order chi connectivity index (χ1) is 6.63. The van der Waals surface area contributed by atoms with Crippen molar-refractivity contribution in [3.05, 3.63) is 45.6 Å². The fraction of sp³-hybridized carbons (Fsp3) is 0.429. The van der Waals surface area contributed by atoms with Gasteiger partial charge in [0.2, 0.25) is 0 Å². The maximum Gasteiger partial charge on any atom is -0.00177 e. The number of rotatable bonds is 1. The van der Waals surface area contributed by atoms with Crippen molar-refractivity contribution in [1.29, 1.82) is 0 Å². The van der Waals surface area contributed by atoms with E-state index in [0.717, 1.165) is 6.42 Å². The van der Waals surface area contributed by atoms with Crippen LogP contribution >= 0.6 is 0 Å². The van der Waals surface area contributed by atoms with Crippen LogP contribution in [0.2, 0.25) is 0 Å². The van der Waals surface area contributed by atoms with Gasteiger partial charge in [-0.1, -0.05) is 23.3 Å². The van der Waals surface area contributed by atoms with Crippen LogP contribution in [0.1, 0.15) is 40.5 Å². The quantitative estimate of drug-likeness (QED) is 0.572. The lowest BCUT2D eigenvalue weighted by atomic mass is 9.99. The van der Waals surface area contributed by atoms with Gasteiger partial charge in [0.05, 0.1) is 0 Å². The molecule has 0 unspecified atom stereocenters. The molecular weight excluding hydrogens is 168 g/mol. The van der Waals surface area contributed by atoms with E-state index in [1.54, 1.807) is 16.7 Å². The summed E-state index contributed by atoms with van der Waals surface area (Å²) >= 11 is 0. The maximum atomic E-state index is 2.39. The zero-order chi connectivity index (χ0) is 10.3. The van der Waals surface area contributed by atoms with Crippen LogP contribution in [0.5, 0.6) is 0 Å². The fourth-order valence-electron chi connectivity index (χ4n) is 2.30. The second kappa shape index (κ2) is 3.27. The van der Waals surface area contributed by atoms with Crippen molar-refractivity contribution < 1.29 is 0 Å². The monoisotopic (exact) mass is 186 g/mol. The summed E-state index contributed by atoms with van der Waals surface area (Å²) in [5.41, 5.74) is 9.21. The van der Waals surface area contributed by atoms with Crippen LogP contribution in [-0.2, 0) is 0 Å². The van der Waals surface area contributed by atoms with Crippen LogP contribution in [0.4, 0.5) is 0 Å². The molecule has 0 nitrogen and oxygen atoms in total. The van der Waals surface area contributed by atoms with Crippen LogP contribution in [0.3, 0.4) is 0 Å². The molecule has 0 aromatic rings. The minimum Gasteiger partial charge on any atom is -0.0844 e. The molecule has 0 spiro atoms. The summed E-state index contributed by atoms with van der Waals surface area (Å²) in [5.74, 6) is 0. The summed E-state index contributed by atoms with van der Waals surface area (Å²) in [7, 11) is 0. The van der Waals surface area contributed by atoms with Crippen molar-refractivity contribution in [1.82, 2.24) is 0 Å². The van der Waals surface area contributed by atoms with E-state index in [4.69, 9.17) is 0 Å². The van der Waals surface area contributed by atoms with Crippen LogP contribution in [0.15, 0.2) is 45.6 Å². The van der Waals surface area contributed by atoms with E-state index < -0.39 is 0 Å². The Morgan fingerprint density at radius 3 is 2.57 bits per heavy atom. The third-order valence-corrected chi connectivity index (χ3v) is 3.59. The maximum absolute atomic E-state index is 2.39. The van der Waals surface area contributed by atoms with E-state index in [1.807, 2.05) is 0 Å². The normalized spacial score (nSPS) is 22.0. The number of hydrogen-bond donors (Lipinski definition) is 0. The van der Waals surface area contributed by atoms with Gasteiger partial charge in [-0.05, 0) is 62.8 Å². The average molecular weight is 186 g/mol. The Kier molecular flexibility index (Phi) is 2.22. The Morgan fingerprint density at radius 2 is 2.00 bits per heavy atom. The zero-order valence-corrected chi connectivity index (χ0v) is 9.57. The third-order valence-electron chi connectivity index (χ3n) is 3.59. The van der Waals surface area contributed by atoms with Gasteiger partial charge in [-0.2, -0.15) is 0 Å². The molecule has 0 fully saturated rings. The molecule has 14 heavy (non-hydrogen) atoms. The zero-order valence-electron chi connectivity index (χ0n) is 9.57. The van der Waals surface area contributed by atoms with Crippen molar-refractivity contribution in [3.8, 4) is 0 Å². The molecule has 0 N–H and O–H groups in total. The van der Waals surface area contributed by atoms with E-state index >= 15 is 0 Å². The predicted octanol–water partition coefficient (Wildman–Crippen LogP) is 4.32. The smallest absolute Gasteiger partial charge is 0.00177 e. The molecule has 0 saturated carbocycles. The molecule has 0 bridgehead atoms. The minimum absolute atomic E-state index is 1.16. The number of hydrogen-bond acceptors (Lipinski definition) is 0. The molecule has 2 aliphatic carbocycles. The summed E-state index contributed by atoms with van der Waals surface area (Å²) in [5, 5.41) is 0. The van der Waals surface area contributed by atoms with Gasteiger partial charge < -0.3 is 0 Å². The lowest BCUT2D eigenvalue weighted by Crippen LogP contribution is -1.87. The van der Waals surface area contributed by atoms with Crippen LogP contribution in [-0.4, -0.2) is 0 Å². The Labute approximate surface area is 86.7 Å². The van der Waals surface area contributed by atoms with Crippen molar-refractivity contribution in [2.75, 3.05) is 0 Å². The molecule has 0 atom stereocenters. The van der Waals surface area contributed by atoms with Crippen molar-refractivity contribution >= 4 is 0 Å². The molecule has 0 aliphatic heterocycles. The molecule has 2 rings (SSSR count). The first-order valence-electron chi connectivity index (χ1n) is 5.36.